The van der Waals surface area contributed by atoms with Crippen molar-refractivity contribution in [2.45, 2.75) is 64.0 Å². The third-order valence-electron chi connectivity index (χ3n) is 5.16. The Morgan fingerprint density at radius 3 is 2.56 bits per heavy atom. The Balaban J connectivity index is 1.94. The van der Waals surface area contributed by atoms with Crippen LogP contribution >= 0.6 is 0 Å². The van der Waals surface area contributed by atoms with Crippen LogP contribution in [-0.2, 0) is 14.3 Å². The maximum Gasteiger partial charge on any atom is 0.186 e. The molecule has 0 amide bonds. The smallest absolute Gasteiger partial charge is 0.186 e. The second-order valence-electron chi connectivity index (χ2n) is 7.98. The van der Waals surface area contributed by atoms with E-state index < -0.39 is 43.4 Å². The van der Waals surface area contributed by atoms with Crippen LogP contribution in [0.3, 0.4) is 0 Å². The van der Waals surface area contributed by atoms with Crippen LogP contribution in [0.5, 0.6) is 0 Å². The molecule has 1 fully saturated rings. The minimum Gasteiger partial charge on any atom is -0.394 e. The van der Waals surface area contributed by atoms with E-state index in [1.54, 1.807) is 12.2 Å². The fourth-order valence-electron chi connectivity index (χ4n) is 3.68. The maximum atomic E-state index is 11.7. The monoisotopic (exact) mass is 386 g/mol. The summed E-state index contributed by atoms with van der Waals surface area (Å²) in [5.41, 5.74) is 0.666. The molecule has 1 heterocycles. The van der Waals surface area contributed by atoms with Crippen molar-refractivity contribution in [3.63, 3.8) is 0 Å². The van der Waals surface area contributed by atoms with Crippen molar-refractivity contribution in [2.75, 3.05) is 13.2 Å². The zero-order chi connectivity index (χ0) is 20.4. The van der Waals surface area contributed by atoms with Crippen LogP contribution in [0.25, 0.3) is 0 Å². The SMILES string of the molecule is CC1=CC(=O)CC(C)(C)C1/C=C/C(O)CO[C@@H]1O[C@H](CO)[C@@H](O)[C@H](O)[C@H]1O. The molecule has 0 aromatic heterocycles. The molecule has 0 saturated carbocycles. The summed E-state index contributed by atoms with van der Waals surface area (Å²) in [6.45, 7) is 5.10. The van der Waals surface area contributed by atoms with E-state index in [0.29, 0.717) is 6.42 Å². The third kappa shape index (κ3) is 5.23. The first-order valence-corrected chi connectivity index (χ1v) is 9.06. The molecule has 0 radical (unpaired) electrons. The molecule has 2 aliphatic rings. The van der Waals surface area contributed by atoms with Crippen molar-refractivity contribution in [3.05, 3.63) is 23.8 Å². The van der Waals surface area contributed by atoms with Crippen molar-refractivity contribution in [3.8, 4) is 0 Å². The number of hydrogen-bond donors (Lipinski definition) is 5. The number of ketones is 1. The molecule has 8 nitrogen and oxygen atoms in total. The molecule has 2 unspecified atom stereocenters. The zero-order valence-corrected chi connectivity index (χ0v) is 15.9. The molecule has 1 aliphatic carbocycles. The van der Waals surface area contributed by atoms with Crippen LogP contribution in [0.1, 0.15) is 27.2 Å². The van der Waals surface area contributed by atoms with Gasteiger partial charge in [-0.25, -0.2) is 0 Å². The number of rotatable bonds is 6. The molecule has 7 atom stereocenters. The molecule has 5 N–H and O–H groups in total. The highest BCUT2D eigenvalue weighted by Gasteiger charge is 2.44. The fraction of sp³-hybridized carbons (Fsp3) is 0.737. The lowest BCUT2D eigenvalue weighted by molar-refractivity contribution is -0.303. The molecular weight excluding hydrogens is 356 g/mol. The highest BCUT2D eigenvalue weighted by atomic mass is 16.7. The third-order valence-corrected chi connectivity index (χ3v) is 5.16. The Kier molecular flexibility index (Phi) is 7.32. The first-order valence-electron chi connectivity index (χ1n) is 9.06. The predicted octanol–water partition coefficient (Wildman–Crippen LogP) is -0.718. The molecule has 2 rings (SSSR count). The lowest BCUT2D eigenvalue weighted by Gasteiger charge is -2.39. The molecule has 0 aromatic carbocycles. The minimum atomic E-state index is -1.53. The van der Waals surface area contributed by atoms with E-state index in [4.69, 9.17) is 14.6 Å². The molecule has 0 bridgehead atoms. The number of hydrogen-bond acceptors (Lipinski definition) is 8. The molecule has 27 heavy (non-hydrogen) atoms. The van der Waals surface area contributed by atoms with Crippen molar-refractivity contribution < 1.29 is 39.8 Å². The lowest BCUT2D eigenvalue weighted by Crippen LogP contribution is -2.59. The molecule has 1 aliphatic heterocycles. The Morgan fingerprint density at radius 2 is 1.96 bits per heavy atom. The van der Waals surface area contributed by atoms with Gasteiger partial charge in [0.15, 0.2) is 12.1 Å². The first-order chi connectivity index (χ1) is 12.6. The van der Waals surface area contributed by atoms with Crippen LogP contribution in [-0.4, -0.2) is 81.3 Å². The van der Waals surface area contributed by atoms with E-state index in [0.717, 1.165) is 5.57 Å². The summed E-state index contributed by atoms with van der Waals surface area (Å²) in [5, 5.41) is 48.7. The normalized spacial score (nSPS) is 38.1. The van der Waals surface area contributed by atoms with Gasteiger partial charge in [0.25, 0.3) is 0 Å². The maximum absolute atomic E-state index is 11.7. The number of allylic oxidation sites excluding steroid dienone is 3. The molecular formula is C19H30O8. The average Bonchev–Trinajstić information content (AvgIpc) is 2.57. The van der Waals surface area contributed by atoms with Gasteiger partial charge in [-0.15, -0.1) is 0 Å². The van der Waals surface area contributed by atoms with Gasteiger partial charge in [-0.2, -0.15) is 0 Å². The van der Waals surface area contributed by atoms with Crippen molar-refractivity contribution in [1.29, 1.82) is 0 Å². The van der Waals surface area contributed by atoms with Crippen LogP contribution in [0.4, 0.5) is 0 Å². The molecule has 8 heteroatoms. The summed E-state index contributed by atoms with van der Waals surface area (Å²) in [4.78, 5) is 11.7. The number of carbonyl (C=O) groups is 1. The Labute approximate surface area is 158 Å². The van der Waals surface area contributed by atoms with Gasteiger partial charge in [0.2, 0.25) is 0 Å². The Morgan fingerprint density at radius 1 is 1.30 bits per heavy atom. The van der Waals surface area contributed by atoms with E-state index in [-0.39, 0.29) is 23.7 Å². The quantitative estimate of drug-likeness (QED) is 0.377. The number of carbonyl (C=O) groups excluding carboxylic acids is 1. The van der Waals surface area contributed by atoms with Crippen molar-refractivity contribution in [1.82, 2.24) is 0 Å². The fourth-order valence-corrected chi connectivity index (χ4v) is 3.68. The van der Waals surface area contributed by atoms with Gasteiger partial charge in [-0.05, 0) is 18.4 Å². The first kappa shape index (κ1) is 22.2. The van der Waals surface area contributed by atoms with Gasteiger partial charge in [0.05, 0.1) is 19.3 Å². The topological polar surface area (TPSA) is 137 Å². The van der Waals surface area contributed by atoms with Gasteiger partial charge in [-0.1, -0.05) is 31.6 Å². The number of ether oxygens (including phenoxy) is 2. The summed E-state index contributed by atoms with van der Waals surface area (Å²) < 4.78 is 10.5. The van der Waals surface area contributed by atoms with Gasteiger partial charge in [0, 0.05) is 12.3 Å². The predicted molar refractivity (Wildman–Crippen MR) is 95.5 cm³/mol. The largest absolute Gasteiger partial charge is 0.394 e. The average molecular weight is 386 g/mol. The van der Waals surface area contributed by atoms with Crippen molar-refractivity contribution >= 4 is 5.78 Å². The number of aliphatic hydroxyl groups is 5. The van der Waals surface area contributed by atoms with E-state index in [1.807, 2.05) is 26.8 Å². The highest BCUT2D eigenvalue weighted by molar-refractivity contribution is 5.92. The second kappa shape index (κ2) is 8.91. The van der Waals surface area contributed by atoms with Crippen LogP contribution in [0.2, 0.25) is 0 Å². The van der Waals surface area contributed by atoms with E-state index in [9.17, 15) is 25.2 Å². The van der Waals surface area contributed by atoms with E-state index in [1.165, 1.54) is 0 Å². The van der Waals surface area contributed by atoms with Gasteiger partial charge < -0.3 is 35.0 Å². The van der Waals surface area contributed by atoms with Crippen molar-refractivity contribution in [2.24, 2.45) is 11.3 Å². The van der Waals surface area contributed by atoms with Crippen LogP contribution in [0, 0.1) is 11.3 Å². The van der Waals surface area contributed by atoms with Crippen LogP contribution in [0.15, 0.2) is 23.8 Å². The summed E-state index contributed by atoms with van der Waals surface area (Å²) >= 11 is 0. The summed E-state index contributed by atoms with van der Waals surface area (Å²) in [5.74, 6) is 0.0887. The standard InChI is InChI=1S/C19H30O8/c1-10-6-12(22)7-19(2,3)13(10)5-4-11(21)9-26-18-17(25)16(24)15(23)14(8-20)27-18/h4-6,11,13-18,20-21,23-25H,7-9H2,1-3H3/b5-4+/t11?,13?,14-,15-,16+,17-,18-/m1/s1. The second-order valence-corrected chi connectivity index (χ2v) is 7.98. The highest BCUT2D eigenvalue weighted by Crippen LogP contribution is 2.40. The van der Waals surface area contributed by atoms with Gasteiger partial charge in [0.1, 0.15) is 24.4 Å². The molecule has 154 valence electrons. The van der Waals surface area contributed by atoms with E-state index in [2.05, 4.69) is 0 Å². The zero-order valence-electron chi connectivity index (χ0n) is 15.9. The summed E-state index contributed by atoms with van der Waals surface area (Å²) in [6.07, 6.45) is -2.39. The van der Waals surface area contributed by atoms with Gasteiger partial charge >= 0.3 is 0 Å². The molecule has 0 spiro atoms. The summed E-state index contributed by atoms with van der Waals surface area (Å²) in [6, 6.07) is 0. The summed E-state index contributed by atoms with van der Waals surface area (Å²) in [7, 11) is 0. The minimum absolute atomic E-state index is 0.00268. The molecule has 0 aromatic rings. The Bertz CT molecular complexity index is 582. The number of aliphatic hydroxyl groups excluding tert-OH is 5. The van der Waals surface area contributed by atoms with Crippen LogP contribution < -0.4 is 0 Å². The van der Waals surface area contributed by atoms with Gasteiger partial charge in [-0.3, -0.25) is 4.79 Å². The molecule has 1 saturated heterocycles. The Hall–Kier alpha value is -1.13. The van der Waals surface area contributed by atoms with E-state index >= 15 is 0 Å². The lowest BCUT2D eigenvalue weighted by atomic mass is 9.68.